The van der Waals surface area contributed by atoms with E-state index < -0.39 is 74.6 Å². The topological polar surface area (TPSA) is 173 Å². The molecule has 35 heavy (non-hydrogen) atoms. The predicted molar refractivity (Wildman–Crippen MR) is 119 cm³/mol. The Labute approximate surface area is 203 Å². The number of terminal acetylenes is 1. The first kappa shape index (κ1) is 26.4. The maximum absolute atomic E-state index is 11.0. The average molecular weight is 496 g/mol. The second-order valence-corrected chi connectivity index (χ2v) is 9.16. The summed E-state index contributed by atoms with van der Waals surface area (Å²) >= 11 is 0. The number of aliphatic hydroxyl groups is 7. The summed E-state index contributed by atoms with van der Waals surface area (Å²) in [6.45, 7) is -1.15. The van der Waals surface area contributed by atoms with Crippen molar-refractivity contribution in [2.75, 3.05) is 19.8 Å². The van der Waals surface area contributed by atoms with Crippen molar-refractivity contribution in [2.24, 2.45) is 0 Å². The number of aliphatic hydroxyl groups excluding tert-OH is 7. The van der Waals surface area contributed by atoms with Crippen molar-refractivity contribution in [3.05, 3.63) is 35.4 Å². The molecule has 2 aliphatic heterocycles. The Morgan fingerprint density at radius 2 is 1.63 bits per heavy atom. The van der Waals surface area contributed by atoms with Crippen molar-refractivity contribution in [3.8, 4) is 12.3 Å². The monoisotopic (exact) mass is 495 g/mol. The lowest BCUT2D eigenvalue weighted by Crippen LogP contribution is -2.66. The minimum atomic E-state index is -1.72. The van der Waals surface area contributed by atoms with Gasteiger partial charge in [0.2, 0.25) is 0 Å². The third-order valence-corrected chi connectivity index (χ3v) is 7.08. The van der Waals surface area contributed by atoms with Gasteiger partial charge >= 0.3 is 0 Å². The van der Waals surface area contributed by atoms with Gasteiger partial charge in [-0.15, -0.1) is 6.42 Å². The van der Waals surface area contributed by atoms with Crippen LogP contribution in [0.3, 0.4) is 0 Å². The molecular formula is C24H33NO10. The molecule has 0 radical (unpaired) electrons. The molecule has 11 nitrogen and oxygen atoms in total. The molecule has 3 aliphatic rings. The molecule has 11 heteroatoms. The van der Waals surface area contributed by atoms with Crippen LogP contribution in [0.2, 0.25) is 0 Å². The number of nitrogens with zero attached hydrogens (tertiary/aromatic N) is 1. The highest BCUT2D eigenvalue weighted by molar-refractivity contribution is 5.34. The van der Waals surface area contributed by atoms with Crippen LogP contribution < -0.4 is 0 Å². The average Bonchev–Trinajstić information content (AvgIpc) is 3.30. The highest BCUT2D eigenvalue weighted by atomic mass is 16.7. The minimum absolute atomic E-state index is 0.115. The summed E-state index contributed by atoms with van der Waals surface area (Å²) in [5.74, 6) is 2.58. The maximum atomic E-state index is 11.0. The van der Waals surface area contributed by atoms with E-state index in [9.17, 15) is 35.7 Å². The van der Waals surface area contributed by atoms with Crippen molar-refractivity contribution in [2.45, 2.75) is 80.2 Å². The van der Waals surface area contributed by atoms with E-state index in [0.29, 0.717) is 0 Å². The molecule has 7 N–H and O–H groups in total. The van der Waals surface area contributed by atoms with Gasteiger partial charge in [0.1, 0.15) is 55.1 Å². The molecule has 1 aliphatic carbocycles. The molecule has 194 valence electrons. The van der Waals surface area contributed by atoms with E-state index in [-0.39, 0.29) is 12.6 Å². The van der Waals surface area contributed by atoms with Crippen molar-refractivity contribution in [1.29, 1.82) is 0 Å². The van der Waals surface area contributed by atoms with E-state index in [1.165, 1.54) is 0 Å². The highest BCUT2D eigenvalue weighted by Gasteiger charge is 2.52. The zero-order valence-corrected chi connectivity index (χ0v) is 19.1. The minimum Gasteiger partial charge on any atom is -0.394 e. The normalized spacial score (nSPS) is 41.5. The van der Waals surface area contributed by atoms with Crippen LogP contribution in [0, 0.1) is 12.3 Å². The molecule has 0 bridgehead atoms. The smallest absolute Gasteiger partial charge is 0.187 e. The lowest BCUT2D eigenvalue weighted by atomic mass is 9.95. The van der Waals surface area contributed by atoms with Crippen LogP contribution in [0.4, 0.5) is 0 Å². The molecule has 2 fully saturated rings. The van der Waals surface area contributed by atoms with E-state index in [1.54, 1.807) is 4.90 Å². The van der Waals surface area contributed by atoms with Crippen molar-refractivity contribution < 1.29 is 50.0 Å². The van der Waals surface area contributed by atoms with Crippen LogP contribution in [0.15, 0.2) is 24.3 Å². The molecule has 0 amide bonds. The fourth-order valence-corrected chi connectivity index (χ4v) is 5.21. The summed E-state index contributed by atoms with van der Waals surface area (Å²) < 4.78 is 17.0. The first-order valence-corrected chi connectivity index (χ1v) is 11.7. The van der Waals surface area contributed by atoms with Crippen LogP contribution in [0.1, 0.15) is 23.6 Å². The van der Waals surface area contributed by atoms with Crippen LogP contribution in [0.25, 0.3) is 0 Å². The second kappa shape index (κ2) is 11.2. The van der Waals surface area contributed by atoms with Crippen molar-refractivity contribution >= 4 is 0 Å². The number of rotatable bonds is 7. The van der Waals surface area contributed by atoms with E-state index in [4.69, 9.17) is 20.6 Å². The molecule has 0 spiro atoms. The number of hydrogen-bond acceptors (Lipinski definition) is 11. The van der Waals surface area contributed by atoms with Crippen LogP contribution in [-0.2, 0) is 20.6 Å². The molecule has 0 aromatic heterocycles. The Morgan fingerprint density at radius 1 is 0.914 bits per heavy atom. The molecule has 0 saturated carbocycles. The van der Waals surface area contributed by atoms with E-state index >= 15 is 0 Å². The van der Waals surface area contributed by atoms with Crippen LogP contribution >= 0.6 is 0 Å². The van der Waals surface area contributed by atoms with Gasteiger partial charge in [0.15, 0.2) is 6.29 Å². The molecule has 4 rings (SSSR count). The van der Waals surface area contributed by atoms with Crippen LogP contribution in [-0.4, -0.2) is 122 Å². The molecule has 0 unspecified atom stereocenters. The summed E-state index contributed by atoms with van der Waals surface area (Å²) in [7, 11) is 0. The molecular weight excluding hydrogens is 462 g/mol. The van der Waals surface area contributed by atoms with E-state index in [2.05, 4.69) is 5.92 Å². The zero-order chi connectivity index (χ0) is 25.3. The molecule has 11 atom stereocenters. The summed E-state index contributed by atoms with van der Waals surface area (Å²) in [5.41, 5.74) is 2.21. The van der Waals surface area contributed by atoms with Crippen molar-refractivity contribution in [1.82, 2.24) is 4.90 Å². The number of ether oxygens (including phenoxy) is 3. The van der Waals surface area contributed by atoms with Crippen molar-refractivity contribution in [3.63, 3.8) is 0 Å². The predicted octanol–water partition coefficient (Wildman–Crippen LogP) is -2.77. The highest BCUT2D eigenvalue weighted by Crippen LogP contribution is 2.39. The summed E-state index contributed by atoms with van der Waals surface area (Å²) in [6, 6.07) is 7.70. The van der Waals surface area contributed by atoms with Gasteiger partial charge in [-0.25, -0.2) is 0 Å². The molecule has 1 aromatic carbocycles. The number of fused-ring (bicyclic) bond motifs is 1. The number of aryl methyl sites for hydroxylation is 1. The molecule has 1 aromatic rings. The van der Waals surface area contributed by atoms with Gasteiger partial charge in [0, 0.05) is 6.04 Å². The summed E-state index contributed by atoms with van der Waals surface area (Å²) in [4.78, 5) is 1.77. The first-order chi connectivity index (χ1) is 16.8. The Kier molecular flexibility index (Phi) is 8.42. The number of hydrogen-bond donors (Lipinski definition) is 7. The lowest BCUT2D eigenvalue weighted by molar-refractivity contribution is -0.349. The SMILES string of the molecule is C#CCN([C@@H]1CCc2ccccc21)[C@@H]1O[C@H](CO)[C@@H](O[C@@H]2O[C@H](CO)[C@H](O)[C@H](O)[C@H]2O)[C@H](O)[C@H]1O. The fourth-order valence-electron chi connectivity index (χ4n) is 5.21. The van der Waals surface area contributed by atoms with E-state index in [0.717, 1.165) is 24.0 Å². The Balaban J connectivity index is 1.54. The third-order valence-electron chi connectivity index (χ3n) is 7.08. The van der Waals surface area contributed by atoms with Gasteiger partial charge in [-0.3, -0.25) is 4.90 Å². The van der Waals surface area contributed by atoms with E-state index in [1.807, 2.05) is 24.3 Å². The Bertz CT molecular complexity index is 891. The fraction of sp³-hybridized carbons (Fsp3) is 0.667. The maximum Gasteiger partial charge on any atom is 0.187 e. The second-order valence-electron chi connectivity index (χ2n) is 9.16. The summed E-state index contributed by atoms with van der Waals surface area (Å²) in [6.07, 6.45) is -7.30. The van der Waals surface area contributed by atoms with Crippen LogP contribution in [0.5, 0.6) is 0 Å². The third kappa shape index (κ3) is 4.98. The van der Waals surface area contributed by atoms with Gasteiger partial charge in [-0.05, 0) is 24.0 Å². The van der Waals surface area contributed by atoms with Gasteiger partial charge in [-0.1, -0.05) is 30.2 Å². The quantitative estimate of drug-likeness (QED) is 0.195. The van der Waals surface area contributed by atoms with Gasteiger partial charge in [0.05, 0.1) is 19.8 Å². The Hall–Kier alpha value is -1.66. The lowest BCUT2D eigenvalue weighted by Gasteiger charge is -2.49. The first-order valence-electron chi connectivity index (χ1n) is 11.7. The molecule has 2 heterocycles. The van der Waals surface area contributed by atoms with Gasteiger partial charge < -0.3 is 50.0 Å². The largest absolute Gasteiger partial charge is 0.394 e. The summed E-state index contributed by atoms with van der Waals surface area (Å²) in [5, 5.41) is 71.7. The Morgan fingerprint density at radius 3 is 2.31 bits per heavy atom. The van der Waals surface area contributed by atoms with Gasteiger partial charge in [-0.2, -0.15) is 0 Å². The standard InChI is InChI=1S/C24H33NO10/c1-2-9-25(14-8-7-12-5-3-4-6-13(12)14)23-20(31)19(30)22(16(11-27)33-23)35-24-21(32)18(29)17(28)15(10-26)34-24/h1,3-6,14-24,26-32H,7-11H2/t14-,15-,16-,17+,18+,19-,20-,21-,22-,23-,24+/m1/s1. The van der Waals surface area contributed by atoms with Gasteiger partial charge in [0.25, 0.3) is 0 Å². The molecule has 2 saturated heterocycles. The zero-order valence-electron chi connectivity index (χ0n) is 19.1. The number of benzene rings is 1.